The van der Waals surface area contributed by atoms with Crippen molar-refractivity contribution in [3.63, 3.8) is 0 Å². The van der Waals surface area contributed by atoms with E-state index in [1.54, 1.807) is 0 Å². The van der Waals surface area contributed by atoms with Gasteiger partial charge in [0.1, 0.15) is 17.1 Å². The van der Waals surface area contributed by atoms with Gasteiger partial charge in [0.25, 0.3) is 0 Å². The van der Waals surface area contributed by atoms with Crippen LogP contribution in [0.2, 0.25) is 0 Å². The molecule has 20 heavy (non-hydrogen) atoms. The summed E-state index contributed by atoms with van der Waals surface area (Å²) < 4.78 is 59.7. The summed E-state index contributed by atoms with van der Waals surface area (Å²) in [5, 5.41) is 0. The van der Waals surface area contributed by atoms with Crippen molar-refractivity contribution in [2.45, 2.75) is 6.11 Å². The van der Waals surface area contributed by atoms with E-state index in [1.165, 1.54) is 24.3 Å². The van der Waals surface area contributed by atoms with E-state index in [0.29, 0.717) is 4.47 Å². The van der Waals surface area contributed by atoms with Gasteiger partial charge in [0, 0.05) is 4.47 Å². The van der Waals surface area contributed by atoms with E-state index in [1.807, 2.05) is 0 Å². The Morgan fingerprint density at radius 3 is 2.10 bits per heavy atom. The van der Waals surface area contributed by atoms with Crippen LogP contribution in [0.3, 0.4) is 0 Å². The van der Waals surface area contributed by atoms with Gasteiger partial charge < -0.3 is 4.74 Å². The fourth-order valence-electron chi connectivity index (χ4n) is 1.50. The Balaban J connectivity index is 2.40. The Morgan fingerprint density at radius 1 is 0.900 bits per heavy atom. The monoisotopic (exact) mass is 412 g/mol. The van der Waals surface area contributed by atoms with E-state index >= 15 is 0 Å². The highest BCUT2D eigenvalue weighted by molar-refractivity contribution is 9.10. The molecule has 0 aliphatic carbocycles. The third kappa shape index (κ3) is 3.15. The Kier molecular flexibility index (Phi) is 4.39. The van der Waals surface area contributed by atoms with E-state index in [2.05, 4.69) is 36.6 Å². The molecule has 2 aromatic rings. The molecular formula is C13H6Br2F4O. The number of hydrogen-bond donors (Lipinski definition) is 0. The smallest absolute Gasteiger partial charge is 0.429 e. The number of ether oxygens (including phenoxy) is 1. The van der Waals surface area contributed by atoms with Crippen LogP contribution in [0, 0.1) is 11.6 Å². The van der Waals surface area contributed by atoms with E-state index in [0.717, 1.165) is 12.1 Å². The molecule has 106 valence electrons. The van der Waals surface area contributed by atoms with E-state index in [-0.39, 0.29) is 10.2 Å². The maximum Gasteiger partial charge on any atom is 0.432 e. The van der Waals surface area contributed by atoms with Crippen molar-refractivity contribution in [2.75, 3.05) is 0 Å². The summed E-state index contributed by atoms with van der Waals surface area (Å²) in [5.41, 5.74) is -1.44. The average Bonchev–Trinajstić information content (AvgIpc) is 2.37. The number of hydrogen-bond acceptors (Lipinski definition) is 1. The second kappa shape index (κ2) is 5.73. The van der Waals surface area contributed by atoms with E-state index < -0.39 is 23.3 Å². The Labute approximate surface area is 128 Å². The molecule has 0 saturated heterocycles. The van der Waals surface area contributed by atoms with Gasteiger partial charge in [-0.05, 0) is 52.3 Å². The van der Waals surface area contributed by atoms with Crippen LogP contribution < -0.4 is 4.74 Å². The lowest BCUT2D eigenvalue weighted by Gasteiger charge is -2.19. The molecule has 0 unspecified atom stereocenters. The molecule has 0 fully saturated rings. The fraction of sp³-hybridized carbons (Fsp3) is 0.0769. The first kappa shape index (κ1) is 15.3. The molecule has 0 heterocycles. The van der Waals surface area contributed by atoms with Gasteiger partial charge in [0.15, 0.2) is 5.82 Å². The lowest BCUT2D eigenvalue weighted by molar-refractivity contribution is -0.189. The second-order valence-electron chi connectivity index (χ2n) is 3.79. The standard InChI is InChI=1S/C13H6Br2F4O/c14-7-1-3-8(4-2-7)20-13(18,19)11-10(16)6-5-9(15)12(11)17/h1-6H. The molecule has 0 spiro atoms. The predicted octanol–water partition coefficient (Wildman–Crippen LogP) is 5.62. The molecule has 0 aromatic heterocycles. The molecule has 0 N–H and O–H groups in total. The quantitative estimate of drug-likeness (QED) is 0.468. The van der Waals surface area contributed by atoms with Crippen molar-refractivity contribution < 1.29 is 22.3 Å². The SMILES string of the molecule is Fc1ccc(Br)c(F)c1C(F)(F)Oc1ccc(Br)cc1. The minimum Gasteiger partial charge on any atom is -0.429 e. The van der Waals surface area contributed by atoms with Gasteiger partial charge in [-0.25, -0.2) is 8.78 Å². The normalized spacial score (nSPS) is 11.5. The van der Waals surface area contributed by atoms with Gasteiger partial charge in [0.05, 0.1) is 4.47 Å². The highest BCUT2D eigenvalue weighted by Gasteiger charge is 2.41. The molecule has 0 saturated carbocycles. The first-order valence-corrected chi connectivity index (χ1v) is 6.86. The van der Waals surface area contributed by atoms with Gasteiger partial charge in [-0.15, -0.1) is 0 Å². The third-order valence-electron chi connectivity index (χ3n) is 2.39. The third-order valence-corrected chi connectivity index (χ3v) is 3.54. The number of halogens is 6. The molecule has 0 amide bonds. The van der Waals surface area contributed by atoms with Crippen LogP contribution in [0.25, 0.3) is 0 Å². The van der Waals surface area contributed by atoms with Crippen LogP contribution in [0.5, 0.6) is 5.75 Å². The first-order valence-electron chi connectivity index (χ1n) is 5.27. The lowest BCUT2D eigenvalue weighted by atomic mass is 10.2. The van der Waals surface area contributed by atoms with Gasteiger partial charge in [-0.3, -0.25) is 0 Å². The zero-order valence-electron chi connectivity index (χ0n) is 9.64. The number of rotatable bonds is 3. The topological polar surface area (TPSA) is 9.23 Å². The van der Waals surface area contributed by atoms with Crippen molar-refractivity contribution >= 4 is 31.9 Å². The van der Waals surface area contributed by atoms with Crippen molar-refractivity contribution in [1.82, 2.24) is 0 Å². The van der Waals surface area contributed by atoms with Gasteiger partial charge in [0.2, 0.25) is 0 Å². The summed E-state index contributed by atoms with van der Waals surface area (Å²) in [6, 6.07) is 7.20. The molecule has 0 bridgehead atoms. The maximum absolute atomic E-state index is 13.9. The van der Waals surface area contributed by atoms with E-state index in [9.17, 15) is 17.6 Å². The average molecular weight is 414 g/mol. The molecule has 0 radical (unpaired) electrons. The van der Waals surface area contributed by atoms with E-state index in [4.69, 9.17) is 0 Å². The number of alkyl halides is 2. The first-order chi connectivity index (χ1) is 9.31. The summed E-state index contributed by atoms with van der Waals surface area (Å²) in [7, 11) is 0. The van der Waals surface area contributed by atoms with Crippen molar-refractivity contribution in [3.05, 3.63) is 62.5 Å². The van der Waals surface area contributed by atoms with Crippen LogP contribution in [0.15, 0.2) is 45.3 Å². The predicted molar refractivity (Wildman–Crippen MR) is 72.7 cm³/mol. The molecule has 0 atom stereocenters. The Morgan fingerprint density at radius 2 is 1.50 bits per heavy atom. The van der Waals surface area contributed by atoms with Crippen molar-refractivity contribution in [1.29, 1.82) is 0 Å². The molecule has 1 nitrogen and oxygen atoms in total. The molecule has 2 rings (SSSR count). The van der Waals surface area contributed by atoms with Gasteiger partial charge in [-0.2, -0.15) is 8.78 Å². The van der Waals surface area contributed by atoms with Crippen molar-refractivity contribution in [3.8, 4) is 5.75 Å². The van der Waals surface area contributed by atoms with Crippen LogP contribution in [-0.4, -0.2) is 0 Å². The summed E-state index contributed by atoms with van der Waals surface area (Å²) in [6.45, 7) is 0. The Bertz CT molecular complexity index is 629. The molecular weight excluding hydrogens is 408 g/mol. The summed E-state index contributed by atoms with van der Waals surface area (Å²) >= 11 is 5.86. The van der Waals surface area contributed by atoms with Gasteiger partial charge in [-0.1, -0.05) is 15.9 Å². The summed E-state index contributed by atoms with van der Waals surface area (Å²) in [4.78, 5) is 0. The molecule has 0 aliphatic rings. The van der Waals surface area contributed by atoms with Crippen LogP contribution >= 0.6 is 31.9 Å². The van der Waals surface area contributed by atoms with Gasteiger partial charge >= 0.3 is 6.11 Å². The highest BCUT2D eigenvalue weighted by Crippen LogP contribution is 2.37. The maximum atomic E-state index is 13.9. The summed E-state index contributed by atoms with van der Waals surface area (Å²) in [5.74, 6) is -2.99. The summed E-state index contributed by atoms with van der Waals surface area (Å²) in [6.07, 6.45) is -4.13. The largest absolute Gasteiger partial charge is 0.432 e. The zero-order chi connectivity index (χ0) is 14.9. The minimum absolute atomic E-state index is 0.211. The fourth-order valence-corrected chi connectivity index (χ4v) is 2.09. The van der Waals surface area contributed by atoms with Crippen LogP contribution in [-0.2, 0) is 6.11 Å². The highest BCUT2D eigenvalue weighted by atomic mass is 79.9. The molecule has 2 aromatic carbocycles. The van der Waals surface area contributed by atoms with Crippen molar-refractivity contribution in [2.24, 2.45) is 0 Å². The zero-order valence-corrected chi connectivity index (χ0v) is 12.8. The Hall–Kier alpha value is -1.08. The van der Waals surface area contributed by atoms with Crippen LogP contribution in [0.4, 0.5) is 17.6 Å². The minimum atomic E-state index is -4.13. The van der Waals surface area contributed by atoms with Crippen LogP contribution in [0.1, 0.15) is 5.56 Å². The lowest BCUT2D eigenvalue weighted by Crippen LogP contribution is -2.25. The second-order valence-corrected chi connectivity index (χ2v) is 5.56. The molecule has 7 heteroatoms. The molecule has 0 aliphatic heterocycles. The number of benzene rings is 2.